The lowest BCUT2D eigenvalue weighted by atomic mass is 9.93. The Bertz CT molecular complexity index is 710. The molecule has 1 atom stereocenters. The van der Waals surface area contributed by atoms with Gasteiger partial charge in [-0.1, -0.05) is 0 Å². The van der Waals surface area contributed by atoms with Gasteiger partial charge < -0.3 is 14.8 Å². The zero-order valence-corrected chi connectivity index (χ0v) is 13.5. The summed E-state index contributed by atoms with van der Waals surface area (Å²) in [6.45, 7) is 1.99. The quantitative estimate of drug-likeness (QED) is 0.752. The second-order valence-electron chi connectivity index (χ2n) is 5.02. The van der Waals surface area contributed by atoms with Gasteiger partial charge in [0.1, 0.15) is 5.76 Å². The summed E-state index contributed by atoms with van der Waals surface area (Å²) in [7, 11) is 0. The third-order valence-electron chi connectivity index (χ3n) is 3.39. The highest BCUT2D eigenvalue weighted by molar-refractivity contribution is 7.12. The molecule has 1 amide bonds. The van der Waals surface area contributed by atoms with Crippen molar-refractivity contribution in [2.24, 2.45) is 0 Å². The first kappa shape index (κ1) is 15.0. The van der Waals surface area contributed by atoms with Gasteiger partial charge in [-0.15, -0.1) is 11.3 Å². The van der Waals surface area contributed by atoms with Crippen molar-refractivity contribution >= 4 is 28.6 Å². The van der Waals surface area contributed by atoms with Crippen LogP contribution in [-0.4, -0.2) is 17.6 Å². The highest BCUT2D eigenvalue weighted by Crippen LogP contribution is 2.31. The largest absolute Gasteiger partial charge is 0.466 e. The van der Waals surface area contributed by atoms with E-state index in [2.05, 4.69) is 5.32 Å². The van der Waals surface area contributed by atoms with Crippen LogP contribution in [0, 0.1) is 6.92 Å². The van der Waals surface area contributed by atoms with Crippen LogP contribution in [0.5, 0.6) is 0 Å². The molecular weight excluding hydrogens is 318 g/mol. The Labute approximate surface area is 136 Å². The first-order valence-electron chi connectivity index (χ1n) is 6.72. The average Bonchev–Trinajstić information content (AvgIpc) is 3.24. The van der Waals surface area contributed by atoms with Crippen molar-refractivity contribution in [2.45, 2.75) is 12.5 Å². The maximum atomic E-state index is 12.2. The van der Waals surface area contributed by atoms with Crippen molar-refractivity contribution in [2.75, 3.05) is 6.54 Å². The molecule has 0 bridgehead atoms. The van der Waals surface area contributed by atoms with E-state index in [9.17, 15) is 9.90 Å². The molecule has 3 aromatic heterocycles. The van der Waals surface area contributed by atoms with Gasteiger partial charge in [-0.2, -0.15) is 11.3 Å². The molecule has 3 rings (SSSR count). The van der Waals surface area contributed by atoms with E-state index in [1.165, 1.54) is 28.9 Å². The van der Waals surface area contributed by atoms with E-state index in [0.717, 1.165) is 5.56 Å². The molecule has 0 aliphatic rings. The van der Waals surface area contributed by atoms with Crippen molar-refractivity contribution in [3.63, 3.8) is 0 Å². The minimum absolute atomic E-state index is 0.0486. The summed E-state index contributed by atoms with van der Waals surface area (Å²) in [6.07, 6.45) is 1.51. The number of thiophene rings is 2. The van der Waals surface area contributed by atoms with E-state index < -0.39 is 5.60 Å². The van der Waals surface area contributed by atoms with Crippen molar-refractivity contribution in [1.29, 1.82) is 0 Å². The molecule has 0 spiro atoms. The molecule has 0 fully saturated rings. The SMILES string of the molecule is Cc1csc(C(=O)NCC(O)(c2ccsc2)c2ccco2)c1. The second-order valence-corrected chi connectivity index (χ2v) is 6.71. The summed E-state index contributed by atoms with van der Waals surface area (Å²) in [4.78, 5) is 12.8. The Kier molecular flexibility index (Phi) is 4.15. The molecule has 3 heterocycles. The van der Waals surface area contributed by atoms with Gasteiger partial charge in [-0.25, -0.2) is 0 Å². The molecule has 22 heavy (non-hydrogen) atoms. The first-order chi connectivity index (χ1) is 10.6. The molecular formula is C16H15NO3S2. The number of carbonyl (C=O) groups excluding carboxylic acids is 1. The summed E-state index contributed by atoms with van der Waals surface area (Å²) in [5.74, 6) is 0.215. The lowest BCUT2D eigenvalue weighted by Gasteiger charge is -2.25. The topological polar surface area (TPSA) is 62.5 Å². The number of nitrogens with one attached hydrogen (secondary N) is 1. The van der Waals surface area contributed by atoms with E-state index >= 15 is 0 Å². The lowest BCUT2D eigenvalue weighted by molar-refractivity contribution is 0.0530. The van der Waals surface area contributed by atoms with Crippen LogP contribution in [0.25, 0.3) is 0 Å². The first-order valence-corrected chi connectivity index (χ1v) is 8.54. The van der Waals surface area contributed by atoms with Gasteiger partial charge in [0.2, 0.25) is 0 Å². The molecule has 6 heteroatoms. The summed E-state index contributed by atoms with van der Waals surface area (Å²) in [6, 6.07) is 7.08. The Hall–Kier alpha value is -1.89. The Morgan fingerprint density at radius 3 is 2.86 bits per heavy atom. The van der Waals surface area contributed by atoms with E-state index in [1.807, 2.05) is 35.2 Å². The summed E-state index contributed by atoms with van der Waals surface area (Å²) in [5.41, 5.74) is 0.384. The van der Waals surface area contributed by atoms with Crippen LogP contribution in [0.15, 0.2) is 51.1 Å². The number of furan rings is 1. The smallest absolute Gasteiger partial charge is 0.261 e. The van der Waals surface area contributed by atoms with E-state index in [4.69, 9.17) is 4.42 Å². The maximum Gasteiger partial charge on any atom is 0.261 e. The fourth-order valence-electron chi connectivity index (χ4n) is 2.19. The molecule has 0 radical (unpaired) electrons. The van der Waals surface area contributed by atoms with Gasteiger partial charge in [0.25, 0.3) is 5.91 Å². The Balaban J connectivity index is 1.81. The third kappa shape index (κ3) is 2.85. The summed E-state index contributed by atoms with van der Waals surface area (Å²) < 4.78 is 5.37. The van der Waals surface area contributed by atoms with Crippen LogP contribution in [-0.2, 0) is 5.60 Å². The minimum atomic E-state index is -1.37. The maximum absolute atomic E-state index is 12.2. The number of aliphatic hydroxyl groups is 1. The predicted octanol–water partition coefficient (Wildman–Crippen LogP) is 3.38. The lowest BCUT2D eigenvalue weighted by Crippen LogP contribution is -2.41. The predicted molar refractivity (Wildman–Crippen MR) is 87.4 cm³/mol. The van der Waals surface area contributed by atoms with Crippen LogP contribution in [0.3, 0.4) is 0 Å². The summed E-state index contributed by atoms with van der Waals surface area (Å²) in [5, 5.41) is 19.5. The van der Waals surface area contributed by atoms with E-state index in [1.54, 1.807) is 12.1 Å². The molecule has 4 nitrogen and oxygen atoms in total. The molecule has 114 valence electrons. The molecule has 0 aliphatic heterocycles. The van der Waals surface area contributed by atoms with Gasteiger partial charge in [-0.05, 0) is 52.9 Å². The zero-order chi connectivity index (χ0) is 15.6. The molecule has 0 saturated carbocycles. The van der Waals surface area contributed by atoms with Crippen molar-refractivity contribution in [1.82, 2.24) is 5.32 Å². The van der Waals surface area contributed by atoms with Crippen molar-refractivity contribution < 1.29 is 14.3 Å². The number of rotatable bonds is 5. The van der Waals surface area contributed by atoms with Gasteiger partial charge in [0.05, 0.1) is 17.7 Å². The number of hydrogen-bond acceptors (Lipinski definition) is 5. The van der Waals surface area contributed by atoms with Crippen molar-refractivity contribution in [3.8, 4) is 0 Å². The molecule has 0 aromatic carbocycles. The normalized spacial score (nSPS) is 13.7. The average molecular weight is 333 g/mol. The van der Waals surface area contributed by atoms with Gasteiger partial charge in [0.15, 0.2) is 5.60 Å². The highest BCUT2D eigenvalue weighted by Gasteiger charge is 2.35. The van der Waals surface area contributed by atoms with Crippen LogP contribution >= 0.6 is 22.7 Å². The molecule has 2 N–H and O–H groups in total. The number of hydrogen-bond donors (Lipinski definition) is 2. The molecule has 0 aliphatic carbocycles. The zero-order valence-electron chi connectivity index (χ0n) is 11.9. The van der Waals surface area contributed by atoms with Gasteiger partial charge >= 0.3 is 0 Å². The minimum Gasteiger partial charge on any atom is -0.466 e. The highest BCUT2D eigenvalue weighted by atomic mass is 32.1. The number of carbonyl (C=O) groups is 1. The van der Waals surface area contributed by atoms with E-state index in [-0.39, 0.29) is 12.5 Å². The van der Waals surface area contributed by atoms with Crippen molar-refractivity contribution in [3.05, 3.63) is 68.4 Å². The Morgan fingerprint density at radius 1 is 1.41 bits per heavy atom. The molecule has 3 aromatic rings. The fraction of sp³-hybridized carbons (Fsp3) is 0.188. The van der Waals surface area contributed by atoms with Gasteiger partial charge in [0, 0.05) is 5.56 Å². The standard InChI is InChI=1S/C16H15NO3S2/c1-11-7-13(22-8-11)15(18)17-10-16(19,12-4-6-21-9-12)14-3-2-5-20-14/h2-9,19H,10H2,1H3,(H,17,18). The van der Waals surface area contributed by atoms with E-state index in [0.29, 0.717) is 16.2 Å². The van der Waals surface area contributed by atoms with Crippen LogP contribution < -0.4 is 5.32 Å². The second kappa shape index (κ2) is 6.08. The van der Waals surface area contributed by atoms with Crippen LogP contribution in [0.2, 0.25) is 0 Å². The summed E-state index contributed by atoms with van der Waals surface area (Å²) >= 11 is 2.87. The van der Waals surface area contributed by atoms with Crippen LogP contribution in [0.4, 0.5) is 0 Å². The third-order valence-corrected chi connectivity index (χ3v) is 5.12. The Morgan fingerprint density at radius 2 is 2.27 bits per heavy atom. The molecule has 1 unspecified atom stereocenters. The number of aryl methyl sites for hydroxylation is 1. The fourth-order valence-corrected chi connectivity index (χ4v) is 3.73. The molecule has 0 saturated heterocycles. The van der Waals surface area contributed by atoms with Crippen LogP contribution in [0.1, 0.15) is 26.6 Å². The van der Waals surface area contributed by atoms with Gasteiger partial charge in [-0.3, -0.25) is 4.79 Å². The monoisotopic (exact) mass is 333 g/mol. The number of amides is 1.